The maximum absolute atomic E-state index is 6.18. The van der Waals surface area contributed by atoms with Gasteiger partial charge in [0.15, 0.2) is 5.17 Å². The van der Waals surface area contributed by atoms with Crippen molar-refractivity contribution < 1.29 is 0 Å². The SMILES string of the molecule is NN(C1=NCCS1)C1CCc2ccccc21. The molecule has 0 fully saturated rings. The lowest BCUT2D eigenvalue weighted by Gasteiger charge is -2.25. The first-order valence-electron chi connectivity index (χ1n) is 5.65. The van der Waals surface area contributed by atoms with Gasteiger partial charge in [0.25, 0.3) is 0 Å². The molecule has 3 nitrogen and oxygen atoms in total. The van der Waals surface area contributed by atoms with E-state index in [1.165, 1.54) is 11.1 Å². The Labute approximate surface area is 99.7 Å². The first-order chi connectivity index (χ1) is 7.86. The molecule has 4 heteroatoms. The molecule has 0 aromatic heterocycles. The van der Waals surface area contributed by atoms with Gasteiger partial charge in [0, 0.05) is 5.75 Å². The highest BCUT2D eigenvalue weighted by Crippen LogP contribution is 2.35. The summed E-state index contributed by atoms with van der Waals surface area (Å²) in [6.07, 6.45) is 2.24. The predicted octanol–water partition coefficient (Wildman–Crippen LogP) is 1.95. The van der Waals surface area contributed by atoms with Crippen LogP contribution in [0.15, 0.2) is 29.3 Å². The first-order valence-corrected chi connectivity index (χ1v) is 6.64. The van der Waals surface area contributed by atoms with Crippen LogP contribution in [-0.4, -0.2) is 22.5 Å². The van der Waals surface area contributed by atoms with Crippen LogP contribution in [0.4, 0.5) is 0 Å². The molecular weight excluding hydrogens is 218 g/mol. The van der Waals surface area contributed by atoms with Crippen LogP contribution in [-0.2, 0) is 6.42 Å². The fraction of sp³-hybridized carbons (Fsp3) is 0.417. The van der Waals surface area contributed by atoms with E-state index in [-0.39, 0.29) is 0 Å². The Bertz CT molecular complexity index is 430. The average molecular weight is 233 g/mol. The number of hydrogen-bond donors (Lipinski definition) is 1. The van der Waals surface area contributed by atoms with Crippen molar-refractivity contribution in [2.24, 2.45) is 10.8 Å². The van der Waals surface area contributed by atoms with Gasteiger partial charge in [0.2, 0.25) is 0 Å². The highest BCUT2D eigenvalue weighted by molar-refractivity contribution is 8.14. The van der Waals surface area contributed by atoms with Gasteiger partial charge in [-0.05, 0) is 24.0 Å². The smallest absolute Gasteiger partial charge is 0.174 e. The van der Waals surface area contributed by atoms with E-state index in [1.54, 1.807) is 11.8 Å². The zero-order valence-corrected chi connectivity index (χ0v) is 9.91. The van der Waals surface area contributed by atoms with Crippen LogP contribution in [0.1, 0.15) is 23.6 Å². The molecule has 1 aliphatic heterocycles. The van der Waals surface area contributed by atoms with Crippen LogP contribution in [0.5, 0.6) is 0 Å². The van der Waals surface area contributed by atoms with Gasteiger partial charge in [-0.2, -0.15) is 0 Å². The van der Waals surface area contributed by atoms with E-state index in [2.05, 4.69) is 29.3 Å². The minimum Gasteiger partial charge on any atom is -0.282 e. The summed E-state index contributed by atoms with van der Waals surface area (Å²) >= 11 is 1.76. The lowest BCUT2D eigenvalue weighted by molar-refractivity contribution is 0.332. The van der Waals surface area contributed by atoms with Crippen LogP contribution in [0.25, 0.3) is 0 Å². The summed E-state index contributed by atoms with van der Waals surface area (Å²) in [5.41, 5.74) is 2.81. The van der Waals surface area contributed by atoms with Crippen molar-refractivity contribution in [3.63, 3.8) is 0 Å². The van der Waals surface area contributed by atoms with Crippen LogP contribution >= 0.6 is 11.8 Å². The molecule has 1 atom stereocenters. The molecule has 0 spiro atoms. The van der Waals surface area contributed by atoms with Crippen LogP contribution in [0, 0.1) is 0 Å². The second-order valence-corrected chi connectivity index (χ2v) is 5.24. The first kappa shape index (κ1) is 10.2. The Hall–Kier alpha value is -1.00. The van der Waals surface area contributed by atoms with Crippen LogP contribution in [0.2, 0.25) is 0 Å². The third kappa shape index (κ3) is 1.62. The lowest BCUT2D eigenvalue weighted by Crippen LogP contribution is -2.37. The topological polar surface area (TPSA) is 41.6 Å². The van der Waals surface area contributed by atoms with Crippen molar-refractivity contribution >= 4 is 16.9 Å². The van der Waals surface area contributed by atoms with Crippen molar-refractivity contribution in [3.05, 3.63) is 35.4 Å². The molecule has 0 amide bonds. The normalized spacial score (nSPS) is 23.1. The number of hydrazine groups is 1. The average Bonchev–Trinajstić information content (AvgIpc) is 2.98. The number of hydrogen-bond acceptors (Lipinski definition) is 4. The lowest BCUT2D eigenvalue weighted by atomic mass is 10.1. The number of rotatable bonds is 1. The molecule has 0 saturated heterocycles. The highest BCUT2D eigenvalue weighted by atomic mass is 32.2. The molecular formula is C12H15N3S. The number of amidine groups is 1. The van der Waals surface area contributed by atoms with Gasteiger partial charge in [-0.25, -0.2) is 5.84 Å². The Morgan fingerprint density at radius 3 is 3.06 bits per heavy atom. The Balaban J connectivity index is 1.87. The molecule has 0 radical (unpaired) electrons. The summed E-state index contributed by atoms with van der Waals surface area (Å²) in [4.78, 5) is 4.43. The molecule has 0 bridgehead atoms. The van der Waals surface area contributed by atoms with Crippen LogP contribution in [0.3, 0.4) is 0 Å². The summed E-state index contributed by atoms with van der Waals surface area (Å²) in [6.45, 7) is 0.905. The van der Waals surface area contributed by atoms with Gasteiger partial charge in [-0.1, -0.05) is 36.0 Å². The Kier molecular flexibility index (Phi) is 2.61. The Morgan fingerprint density at radius 1 is 1.38 bits per heavy atom. The number of aryl methyl sites for hydroxylation is 1. The molecule has 0 saturated carbocycles. The molecule has 2 aliphatic rings. The molecule has 1 aromatic rings. The minimum absolute atomic E-state index is 0.320. The standard InChI is InChI=1S/C12H15N3S/c13-15(12-14-7-8-16-12)11-6-5-9-3-1-2-4-10(9)11/h1-4,11H,5-8,13H2. The van der Waals surface area contributed by atoms with Crippen molar-refractivity contribution in [2.45, 2.75) is 18.9 Å². The van der Waals surface area contributed by atoms with E-state index >= 15 is 0 Å². The van der Waals surface area contributed by atoms with Gasteiger partial charge in [-0.15, -0.1) is 0 Å². The summed E-state index contributed by atoms with van der Waals surface area (Å²) in [6, 6.07) is 8.90. The maximum Gasteiger partial charge on any atom is 0.174 e. The van der Waals surface area contributed by atoms with E-state index in [4.69, 9.17) is 5.84 Å². The summed E-state index contributed by atoms with van der Waals surface area (Å²) in [5.74, 6) is 7.25. The van der Waals surface area contributed by atoms with Crippen LogP contribution < -0.4 is 5.84 Å². The number of fused-ring (bicyclic) bond motifs is 1. The quantitative estimate of drug-likeness (QED) is 0.595. The molecule has 1 heterocycles. The second-order valence-electron chi connectivity index (χ2n) is 4.17. The molecule has 84 valence electrons. The zero-order valence-electron chi connectivity index (χ0n) is 9.10. The van der Waals surface area contributed by atoms with E-state index in [0.717, 1.165) is 30.3 Å². The van der Waals surface area contributed by atoms with E-state index in [0.29, 0.717) is 6.04 Å². The summed E-state index contributed by atoms with van der Waals surface area (Å²) in [5, 5.41) is 2.87. The number of nitrogens with zero attached hydrogens (tertiary/aromatic N) is 2. The third-order valence-corrected chi connectivity index (χ3v) is 4.21. The number of nitrogens with two attached hydrogens (primary N) is 1. The van der Waals surface area contributed by atoms with Gasteiger partial charge in [0.05, 0.1) is 12.6 Å². The van der Waals surface area contributed by atoms with Crippen molar-refractivity contribution in [1.29, 1.82) is 0 Å². The van der Waals surface area contributed by atoms with Crippen molar-refractivity contribution in [1.82, 2.24) is 5.01 Å². The predicted molar refractivity (Wildman–Crippen MR) is 68.3 cm³/mol. The molecule has 3 rings (SSSR count). The fourth-order valence-corrected chi connectivity index (χ4v) is 3.26. The third-order valence-electron chi connectivity index (χ3n) is 3.23. The number of aliphatic imine (C=N–C) groups is 1. The summed E-state index contributed by atoms with van der Waals surface area (Å²) < 4.78 is 0. The van der Waals surface area contributed by atoms with Gasteiger partial charge in [-0.3, -0.25) is 10.0 Å². The van der Waals surface area contributed by atoms with Crippen molar-refractivity contribution in [2.75, 3.05) is 12.3 Å². The second kappa shape index (κ2) is 4.11. The monoisotopic (exact) mass is 233 g/mol. The van der Waals surface area contributed by atoms with E-state index in [1.807, 2.05) is 5.01 Å². The highest BCUT2D eigenvalue weighted by Gasteiger charge is 2.28. The minimum atomic E-state index is 0.320. The van der Waals surface area contributed by atoms with Crippen molar-refractivity contribution in [3.8, 4) is 0 Å². The number of benzene rings is 1. The summed E-state index contributed by atoms with van der Waals surface area (Å²) in [7, 11) is 0. The molecule has 1 unspecified atom stereocenters. The fourth-order valence-electron chi connectivity index (χ4n) is 2.44. The van der Waals surface area contributed by atoms with Gasteiger partial charge in [0.1, 0.15) is 0 Å². The maximum atomic E-state index is 6.18. The Morgan fingerprint density at radius 2 is 2.25 bits per heavy atom. The number of thioether (sulfide) groups is 1. The molecule has 1 aromatic carbocycles. The van der Waals surface area contributed by atoms with Gasteiger partial charge < -0.3 is 0 Å². The molecule has 2 N–H and O–H groups in total. The zero-order chi connectivity index (χ0) is 11.0. The van der Waals surface area contributed by atoms with Gasteiger partial charge >= 0.3 is 0 Å². The largest absolute Gasteiger partial charge is 0.282 e. The van der Waals surface area contributed by atoms with E-state index in [9.17, 15) is 0 Å². The molecule has 1 aliphatic carbocycles. The van der Waals surface area contributed by atoms with E-state index < -0.39 is 0 Å². The molecule has 16 heavy (non-hydrogen) atoms.